The first-order chi connectivity index (χ1) is 7.77. The Morgan fingerprint density at radius 1 is 1.19 bits per heavy atom. The maximum atomic E-state index is 5.74. The van der Waals surface area contributed by atoms with Gasteiger partial charge in [-0.05, 0) is 37.5 Å². The summed E-state index contributed by atoms with van der Waals surface area (Å²) in [5.41, 5.74) is 2.36. The zero-order valence-corrected chi connectivity index (χ0v) is 10.7. The molecule has 0 aliphatic carbocycles. The molecule has 1 rings (SSSR count). The minimum Gasteiger partial charge on any atom is -0.491 e. The third-order valence-corrected chi connectivity index (χ3v) is 2.44. The summed E-state index contributed by atoms with van der Waals surface area (Å²) in [4.78, 5) is 0. The number of hydrogen-bond acceptors (Lipinski definition) is 2. The second-order valence-electron chi connectivity index (χ2n) is 4.13. The Morgan fingerprint density at radius 3 is 2.69 bits per heavy atom. The smallest absolute Gasteiger partial charge is 0.142 e. The number of nitrogens with one attached hydrogen (secondary N) is 1. The fourth-order valence-corrected chi connectivity index (χ4v) is 1.51. The van der Waals surface area contributed by atoms with Gasteiger partial charge < -0.3 is 10.1 Å². The van der Waals surface area contributed by atoms with Crippen LogP contribution in [0.4, 0.5) is 5.69 Å². The standard InChI is InChI=1S/C14H23NO/c1-4-6-9-15-13-8-7-12(3)11-14(13)16-10-5-2/h7-8,11,15H,4-6,9-10H2,1-3H3. The van der Waals surface area contributed by atoms with Gasteiger partial charge in [0.05, 0.1) is 12.3 Å². The van der Waals surface area contributed by atoms with Gasteiger partial charge in [-0.3, -0.25) is 0 Å². The number of aryl methyl sites for hydroxylation is 1. The summed E-state index contributed by atoms with van der Waals surface area (Å²) in [6, 6.07) is 6.33. The van der Waals surface area contributed by atoms with Crippen LogP contribution < -0.4 is 10.1 Å². The van der Waals surface area contributed by atoms with E-state index in [0.29, 0.717) is 0 Å². The Bertz CT molecular complexity index is 310. The molecule has 2 nitrogen and oxygen atoms in total. The van der Waals surface area contributed by atoms with Gasteiger partial charge in [0.1, 0.15) is 5.75 Å². The highest BCUT2D eigenvalue weighted by Gasteiger charge is 2.02. The van der Waals surface area contributed by atoms with Crippen molar-refractivity contribution >= 4 is 5.69 Å². The van der Waals surface area contributed by atoms with E-state index in [1.54, 1.807) is 0 Å². The zero-order valence-electron chi connectivity index (χ0n) is 10.7. The van der Waals surface area contributed by atoms with Crippen molar-refractivity contribution in [1.29, 1.82) is 0 Å². The highest BCUT2D eigenvalue weighted by atomic mass is 16.5. The second-order valence-corrected chi connectivity index (χ2v) is 4.13. The second kappa shape index (κ2) is 7.15. The van der Waals surface area contributed by atoms with Gasteiger partial charge in [0.25, 0.3) is 0 Å². The molecule has 1 N–H and O–H groups in total. The molecule has 0 aliphatic heterocycles. The Balaban J connectivity index is 2.64. The maximum absolute atomic E-state index is 5.74. The molecule has 1 aromatic carbocycles. The molecule has 0 atom stereocenters. The minimum absolute atomic E-state index is 0.784. The van der Waals surface area contributed by atoms with E-state index >= 15 is 0 Å². The van der Waals surface area contributed by atoms with Crippen LogP contribution in [0, 0.1) is 6.92 Å². The average molecular weight is 221 g/mol. The molecule has 0 saturated heterocycles. The molecule has 0 heterocycles. The lowest BCUT2D eigenvalue weighted by atomic mass is 10.2. The van der Waals surface area contributed by atoms with Gasteiger partial charge in [0, 0.05) is 6.54 Å². The van der Waals surface area contributed by atoms with Crippen molar-refractivity contribution < 1.29 is 4.74 Å². The minimum atomic E-state index is 0.784. The number of benzene rings is 1. The van der Waals surface area contributed by atoms with E-state index in [4.69, 9.17) is 4.74 Å². The molecule has 0 radical (unpaired) electrons. The zero-order chi connectivity index (χ0) is 11.8. The number of ether oxygens (including phenoxy) is 1. The van der Waals surface area contributed by atoms with Crippen LogP contribution in [0.3, 0.4) is 0 Å². The lowest BCUT2D eigenvalue weighted by molar-refractivity contribution is 0.318. The number of unbranched alkanes of at least 4 members (excludes halogenated alkanes) is 1. The van der Waals surface area contributed by atoms with Gasteiger partial charge in [-0.1, -0.05) is 26.3 Å². The van der Waals surface area contributed by atoms with Crippen LogP contribution in [0.25, 0.3) is 0 Å². The van der Waals surface area contributed by atoms with E-state index in [2.05, 4.69) is 44.3 Å². The predicted molar refractivity (Wildman–Crippen MR) is 70.4 cm³/mol. The maximum Gasteiger partial charge on any atom is 0.142 e. The van der Waals surface area contributed by atoms with E-state index in [1.165, 1.54) is 18.4 Å². The van der Waals surface area contributed by atoms with Crippen molar-refractivity contribution in [3.05, 3.63) is 23.8 Å². The highest BCUT2D eigenvalue weighted by Crippen LogP contribution is 2.25. The molecule has 0 amide bonds. The van der Waals surface area contributed by atoms with Gasteiger partial charge in [-0.15, -0.1) is 0 Å². The van der Waals surface area contributed by atoms with Crippen LogP contribution in [-0.4, -0.2) is 13.2 Å². The molecule has 16 heavy (non-hydrogen) atoms. The van der Waals surface area contributed by atoms with Gasteiger partial charge in [0.2, 0.25) is 0 Å². The summed E-state index contributed by atoms with van der Waals surface area (Å²) in [6.45, 7) is 8.22. The summed E-state index contributed by atoms with van der Waals surface area (Å²) in [5, 5.41) is 3.43. The Labute approximate surface area is 99.0 Å². The third kappa shape index (κ3) is 4.13. The molecule has 0 unspecified atom stereocenters. The number of hydrogen-bond donors (Lipinski definition) is 1. The van der Waals surface area contributed by atoms with E-state index in [-0.39, 0.29) is 0 Å². The lowest BCUT2D eigenvalue weighted by Crippen LogP contribution is -2.04. The Hall–Kier alpha value is -1.18. The summed E-state index contributed by atoms with van der Waals surface area (Å²) in [5.74, 6) is 0.984. The van der Waals surface area contributed by atoms with E-state index < -0.39 is 0 Å². The number of rotatable bonds is 7. The molecule has 0 aliphatic rings. The topological polar surface area (TPSA) is 21.3 Å². The molecule has 0 fully saturated rings. The molecule has 2 heteroatoms. The van der Waals surface area contributed by atoms with Crippen LogP contribution in [0.2, 0.25) is 0 Å². The first-order valence-electron chi connectivity index (χ1n) is 6.25. The normalized spacial score (nSPS) is 10.2. The highest BCUT2D eigenvalue weighted by molar-refractivity contribution is 5.57. The van der Waals surface area contributed by atoms with E-state index in [0.717, 1.165) is 31.0 Å². The van der Waals surface area contributed by atoms with Crippen molar-refractivity contribution in [2.75, 3.05) is 18.5 Å². The van der Waals surface area contributed by atoms with E-state index in [1.807, 2.05) is 0 Å². The molecule has 0 saturated carbocycles. The number of anilines is 1. The van der Waals surface area contributed by atoms with Crippen LogP contribution in [0.5, 0.6) is 5.75 Å². The molecule has 0 spiro atoms. The predicted octanol–water partition coefficient (Wildman–Crippen LogP) is 4.00. The van der Waals surface area contributed by atoms with Crippen molar-refractivity contribution in [1.82, 2.24) is 0 Å². The molecular formula is C14H23NO. The van der Waals surface area contributed by atoms with Crippen molar-refractivity contribution in [3.8, 4) is 5.75 Å². The molecule has 0 bridgehead atoms. The SMILES string of the molecule is CCCCNc1ccc(C)cc1OCCC. The van der Waals surface area contributed by atoms with Crippen LogP contribution in [-0.2, 0) is 0 Å². The fourth-order valence-electron chi connectivity index (χ4n) is 1.51. The Morgan fingerprint density at radius 2 is 2.00 bits per heavy atom. The van der Waals surface area contributed by atoms with Gasteiger partial charge >= 0.3 is 0 Å². The lowest BCUT2D eigenvalue weighted by Gasteiger charge is -2.13. The molecule has 90 valence electrons. The van der Waals surface area contributed by atoms with Crippen molar-refractivity contribution in [2.45, 2.75) is 40.0 Å². The molecule has 0 aromatic heterocycles. The summed E-state index contributed by atoms with van der Waals surface area (Å²) in [7, 11) is 0. The monoisotopic (exact) mass is 221 g/mol. The van der Waals surface area contributed by atoms with Gasteiger partial charge in [-0.25, -0.2) is 0 Å². The summed E-state index contributed by atoms with van der Waals surface area (Å²) in [6.07, 6.45) is 3.45. The Kier molecular flexibility index (Phi) is 5.76. The van der Waals surface area contributed by atoms with Gasteiger partial charge in [-0.2, -0.15) is 0 Å². The van der Waals surface area contributed by atoms with Crippen molar-refractivity contribution in [2.24, 2.45) is 0 Å². The first kappa shape index (κ1) is 12.9. The third-order valence-electron chi connectivity index (χ3n) is 2.44. The first-order valence-corrected chi connectivity index (χ1v) is 6.25. The average Bonchev–Trinajstić information content (AvgIpc) is 2.29. The van der Waals surface area contributed by atoms with E-state index in [9.17, 15) is 0 Å². The quantitative estimate of drug-likeness (QED) is 0.703. The van der Waals surface area contributed by atoms with Crippen LogP contribution >= 0.6 is 0 Å². The summed E-state index contributed by atoms with van der Waals surface area (Å²) >= 11 is 0. The molecular weight excluding hydrogens is 198 g/mol. The van der Waals surface area contributed by atoms with Crippen LogP contribution in [0.1, 0.15) is 38.7 Å². The van der Waals surface area contributed by atoms with Gasteiger partial charge in [0.15, 0.2) is 0 Å². The van der Waals surface area contributed by atoms with Crippen molar-refractivity contribution in [3.63, 3.8) is 0 Å². The van der Waals surface area contributed by atoms with Crippen LogP contribution in [0.15, 0.2) is 18.2 Å². The largest absolute Gasteiger partial charge is 0.491 e. The summed E-state index contributed by atoms with van der Waals surface area (Å²) < 4.78 is 5.74. The fraction of sp³-hybridized carbons (Fsp3) is 0.571. The molecule has 1 aromatic rings.